The van der Waals surface area contributed by atoms with Gasteiger partial charge in [0.15, 0.2) is 5.84 Å². The first-order valence-corrected chi connectivity index (χ1v) is 7.24. The van der Waals surface area contributed by atoms with Crippen LogP contribution in [0, 0.1) is 17.0 Å². The van der Waals surface area contributed by atoms with E-state index >= 15 is 0 Å². The van der Waals surface area contributed by atoms with Gasteiger partial charge in [-0.3, -0.25) is 10.1 Å². The minimum Gasteiger partial charge on any atom is -0.380 e. The number of carbonyl (C=O) groups excluding carboxylic acids is 1. The molecule has 0 spiro atoms. The van der Waals surface area contributed by atoms with E-state index in [0.29, 0.717) is 11.1 Å². The van der Waals surface area contributed by atoms with Crippen molar-refractivity contribution < 1.29 is 14.6 Å². The average Bonchev–Trinajstić information content (AvgIpc) is 2.59. The third-order valence-corrected chi connectivity index (χ3v) is 3.54. The summed E-state index contributed by atoms with van der Waals surface area (Å²) in [4.78, 5) is 27.0. The summed E-state index contributed by atoms with van der Waals surface area (Å²) >= 11 is 0. The number of amidine groups is 1. The fourth-order valence-corrected chi connectivity index (χ4v) is 1.97. The Bertz CT molecular complexity index is 767. The van der Waals surface area contributed by atoms with Crippen LogP contribution in [0.3, 0.4) is 0 Å². The summed E-state index contributed by atoms with van der Waals surface area (Å²) in [6.45, 7) is 3.57. The molecule has 0 aliphatic carbocycles. The lowest BCUT2D eigenvalue weighted by Crippen LogP contribution is -2.17. The second kappa shape index (κ2) is 7.36. The number of hydrogen-bond donors (Lipinski definition) is 1. The van der Waals surface area contributed by atoms with E-state index in [1.165, 1.54) is 24.3 Å². The number of nitro groups is 1. The summed E-state index contributed by atoms with van der Waals surface area (Å²) < 4.78 is 0. The number of nitrogens with zero attached hydrogens (tertiary/aromatic N) is 2. The molecule has 7 heteroatoms. The summed E-state index contributed by atoms with van der Waals surface area (Å²) in [5.74, 6) is -1.13. The molecular weight excluding hydrogens is 310 g/mol. The number of nitrogens with two attached hydrogens (primary N) is 1. The fraction of sp³-hybridized carbons (Fsp3) is 0.176. The van der Waals surface area contributed by atoms with Gasteiger partial charge in [0.05, 0.1) is 10.8 Å². The van der Waals surface area contributed by atoms with Crippen molar-refractivity contribution in [1.82, 2.24) is 0 Å². The maximum absolute atomic E-state index is 12.0. The Kier molecular flexibility index (Phi) is 5.26. The van der Waals surface area contributed by atoms with Crippen LogP contribution < -0.4 is 5.73 Å². The van der Waals surface area contributed by atoms with Crippen molar-refractivity contribution in [3.05, 3.63) is 75.3 Å². The number of aryl methyl sites for hydroxylation is 1. The van der Waals surface area contributed by atoms with Crippen LogP contribution in [0.15, 0.2) is 53.7 Å². The van der Waals surface area contributed by atoms with Crippen LogP contribution in [-0.2, 0) is 9.63 Å². The van der Waals surface area contributed by atoms with Crippen LogP contribution in [0.4, 0.5) is 5.69 Å². The highest BCUT2D eigenvalue weighted by atomic mass is 16.7. The SMILES string of the molecule is Cc1ccc(/C(N)=N\OC(=O)[C@@H](C)c2ccc([N+](=O)[O-])cc2)cc1. The van der Waals surface area contributed by atoms with Crippen LogP contribution in [0.2, 0.25) is 0 Å². The molecule has 0 heterocycles. The molecule has 2 rings (SSSR count). The highest BCUT2D eigenvalue weighted by molar-refractivity contribution is 5.97. The fourth-order valence-electron chi connectivity index (χ4n) is 1.97. The zero-order valence-corrected chi connectivity index (χ0v) is 13.3. The first-order valence-electron chi connectivity index (χ1n) is 7.24. The zero-order valence-electron chi connectivity index (χ0n) is 13.3. The Morgan fingerprint density at radius 1 is 1.17 bits per heavy atom. The Hall–Kier alpha value is -3.22. The third-order valence-electron chi connectivity index (χ3n) is 3.54. The van der Waals surface area contributed by atoms with Gasteiger partial charge in [0.1, 0.15) is 0 Å². The smallest absolute Gasteiger partial charge is 0.342 e. The van der Waals surface area contributed by atoms with Gasteiger partial charge in [-0.05, 0) is 19.4 Å². The lowest BCUT2D eigenvalue weighted by atomic mass is 10.0. The monoisotopic (exact) mass is 327 g/mol. The van der Waals surface area contributed by atoms with E-state index < -0.39 is 16.8 Å². The molecule has 1 atom stereocenters. The molecule has 2 aromatic rings. The van der Waals surface area contributed by atoms with Crippen molar-refractivity contribution in [2.24, 2.45) is 10.9 Å². The maximum atomic E-state index is 12.0. The lowest BCUT2D eigenvalue weighted by molar-refractivity contribution is -0.384. The van der Waals surface area contributed by atoms with Crippen LogP contribution in [0.1, 0.15) is 29.5 Å². The number of non-ortho nitro benzene ring substituents is 1. The number of benzene rings is 2. The molecule has 0 fully saturated rings. The second-order valence-electron chi connectivity index (χ2n) is 5.32. The van der Waals surface area contributed by atoms with Crippen molar-refractivity contribution >= 4 is 17.5 Å². The summed E-state index contributed by atoms with van der Waals surface area (Å²) in [6, 6.07) is 13.0. The van der Waals surface area contributed by atoms with E-state index in [0.717, 1.165) is 5.56 Å². The van der Waals surface area contributed by atoms with E-state index in [-0.39, 0.29) is 11.5 Å². The van der Waals surface area contributed by atoms with Gasteiger partial charge in [0.2, 0.25) is 0 Å². The molecule has 2 N–H and O–H groups in total. The van der Waals surface area contributed by atoms with Crippen molar-refractivity contribution in [3.63, 3.8) is 0 Å². The largest absolute Gasteiger partial charge is 0.380 e. The predicted octanol–water partition coefficient (Wildman–Crippen LogP) is 2.87. The van der Waals surface area contributed by atoms with Gasteiger partial charge in [-0.2, -0.15) is 0 Å². The van der Waals surface area contributed by atoms with E-state index in [1.54, 1.807) is 19.1 Å². The van der Waals surface area contributed by atoms with Crippen LogP contribution in [0.25, 0.3) is 0 Å². The molecule has 0 radical (unpaired) electrons. The van der Waals surface area contributed by atoms with Gasteiger partial charge in [-0.1, -0.05) is 47.1 Å². The van der Waals surface area contributed by atoms with Gasteiger partial charge < -0.3 is 10.6 Å². The number of hydrogen-bond acceptors (Lipinski definition) is 5. The van der Waals surface area contributed by atoms with Crippen molar-refractivity contribution in [2.45, 2.75) is 19.8 Å². The Balaban J connectivity index is 2.04. The van der Waals surface area contributed by atoms with Gasteiger partial charge in [0.25, 0.3) is 5.69 Å². The summed E-state index contributed by atoms with van der Waals surface area (Å²) in [5, 5.41) is 14.3. The molecule has 0 aliphatic rings. The molecule has 7 nitrogen and oxygen atoms in total. The minimum atomic E-state index is -0.625. The number of carbonyl (C=O) groups is 1. The second-order valence-corrected chi connectivity index (χ2v) is 5.32. The van der Waals surface area contributed by atoms with Gasteiger partial charge in [-0.25, -0.2) is 4.79 Å². The molecular formula is C17H17N3O4. The number of oxime groups is 1. The first-order chi connectivity index (χ1) is 11.4. The summed E-state index contributed by atoms with van der Waals surface area (Å²) in [6.07, 6.45) is 0. The topological polar surface area (TPSA) is 108 Å². The third kappa shape index (κ3) is 4.16. The molecule has 0 bridgehead atoms. The van der Waals surface area contributed by atoms with Gasteiger partial charge >= 0.3 is 5.97 Å². The summed E-state index contributed by atoms with van der Waals surface area (Å²) in [7, 11) is 0. The standard InChI is InChI=1S/C17H17N3O4/c1-11-3-5-14(6-4-11)16(18)19-24-17(21)12(2)13-7-9-15(10-8-13)20(22)23/h3-10,12H,1-2H3,(H2,18,19)/t12-/m0/s1. The molecule has 0 amide bonds. The highest BCUT2D eigenvalue weighted by Crippen LogP contribution is 2.20. The molecule has 2 aromatic carbocycles. The Morgan fingerprint density at radius 3 is 2.29 bits per heavy atom. The normalized spacial score (nSPS) is 12.5. The van der Waals surface area contributed by atoms with E-state index in [9.17, 15) is 14.9 Å². The summed E-state index contributed by atoms with van der Waals surface area (Å²) in [5.41, 5.74) is 8.06. The lowest BCUT2D eigenvalue weighted by Gasteiger charge is -2.08. The molecule has 24 heavy (non-hydrogen) atoms. The van der Waals surface area contributed by atoms with E-state index in [2.05, 4.69) is 5.16 Å². The predicted molar refractivity (Wildman–Crippen MR) is 89.5 cm³/mol. The van der Waals surface area contributed by atoms with Gasteiger partial charge in [-0.15, -0.1) is 0 Å². The molecule has 0 saturated heterocycles. The molecule has 0 aromatic heterocycles. The Labute approximate surface area is 138 Å². The van der Waals surface area contributed by atoms with Crippen molar-refractivity contribution in [2.75, 3.05) is 0 Å². The molecule has 0 saturated carbocycles. The van der Waals surface area contributed by atoms with Crippen LogP contribution >= 0.6 is 0 Å². The first kappa shape index (κ1) is 17.1. The molecule has 0 unspecified atom stereocenters. The molecule has 124 valence electrons. The maximum Gasteiger partial charge on any atom is 0.342 e. The van der Waals surface area contributed by atoms with Crippen molar-refractivity contribution in [3.8, 4) is 0 Å². The number of rotatable bonds is 5. The average molecular weight is 327 g/mol. The number of nitro benzene ring substituents is 1. The minimum absolute atomic E-state index is 0.0408. The van der Waals surface area contributed by atoms with E-state index in [4.69, 9.17) is 10.6 Å². The molecule has 0 aliphatic heterocycles. The zero-order chi connectivity index (χ0) is 17.7. The van der Waals surface area contributed by atoms with Crippen LogP contribution in [-0.4, -0.2) is 16.7 Å². The quantitative estimate of drug-likeness (QED) is 0.299. The van der Waals surface area contributed by atoms with Crippen molar-refractivity contribution in [1.29, 1.82) is 0 Å². The van der Waals surface area contributed by atoms with Gasteiger partial charge in [0, 0.05) is 17.7 Å². The highest BCUT2D eigenvalue weighted by Gasteiger charge is 2.18. The van der Waals surface area contributed by atoms with Crippen LogP contribution in [0.5, 0.6) is 0 Å². The van der Waals surface area contributed by atoms with E-state index in [1.807, 2.05) is 19.1 Å². The Morgan fingerprint density at radius 2 is 1.75 bits per heavy atom.